The molecule has 24 heavy (non-hydrogen) atoms. The minimum absolute atomic E-state index is 0.145. The van der Waals surface area contributed by atoms with E-state index in [9.17, 15) is 9.59 Å². The Morgan fingerprint density at radius 2 is 2.00 bits per heavy atom. The van der Waals surface area contributed by atoms with Gasteiger partial charge in [-0.2, -0.15) is 0 Å². The van der Waals surface area contributed by atoms with Crippen LogP contribution in [0.15, 0.2) is 48.1 Å². The van der Waals surface area contributed by atoms with E-state index < -0.39 is 6.04 Å². The fourth-order valence-corrected chi connectivity index (χ4v) is 2.69. The summed E-state index contributed by atoms with van der Waals surface area (Å²) in [4.78, 5) is 23.9. The molecule has 128 valence electrons. The van der Waals surface area contributed by atoms with Gasteiger partial charge in [-0.3, -0.25) is 9.59 Å². The molecule has 1 aliphatic carbocycles. The summed E-state index contributed by atoms with van der Waals surface area (Å²) in [6.07, 6.45) is 11.2. The molecule has 4 nitrogen and oxygen atoms in total. The lowest BCUT2D eigenvalue weighted by molar-refractivity contribution is -0.126. The molecule has 1 aromatic rings. The number of hydrogen-bond acceptors (Lipinski definition) is 2. The molecular weight excluding hydrogens is 300 g/mol. The topological polar surface area (TPSA) is 58.2 Å². The molecule has 2 N–H and O–H groups in total. The van der Waals surface area contributed by atoms with Crippen LogP contribution in [0, 0.1) is 0 Å². The minimum atomic E-state index is -0.543. The van der Waals surface area contributed by atoms with Gasteiger partial charge >= 0.3 is 0 Å². The van der Waals surface area contributed by atoms with Gasteiger partial charge in [-0.15, -0.1) is 0 Å². The summed E-state index contributed by atoms with van der Waals surface area (Å²) in [6.45, 7) is 2.33. The van der Waals surface area contributed by atoms with E-state index >= 15 is 0 Å². The Morgan fingerprint density at radius 3 is 2.71 bits per heavy atom. The van der Waals surface area contributed by atoms with Crippen molar-refractivity contribution in [3.8, 4) is 0 Å². The smallest absolute Gasteiger partial charge is 0.244 e. The number of carbonyl (C=O) groups is 2. The van der Waals surface area contributed by atoms with Gasteiger partial charge in [0.05, 0.1) is 0 Å². The third-order valence-electron chi connectivity index (χ3n) is 4.11. The van der Waals surface area contributed by atoms with E-state index in [4.69, 9.17) is 0 Å². The number of nitrogens with one attached hydrogen (secondary N) is 2. The molecule has 0 fully saturated rings. The quantitative estimate of drug-likeness (QED) is 0.597. The fourth-order valence-electron chi connectivity index (χ4n) is 2.69. The zero-order chi connectivity index (χ0) is 17.2. The van der Waals surface area contributed by atoms with Crippen LogP contribution in [0.2, 0.25) is 0 Å². The SMILES string of the molecule is CC(NC(=O)/C=C/c1ccccc1)C(=O)NCCC1=CCCCC1. The number of allylic oxidation sites excluding steroid dienone is 1. The zero-order valence-electron chi connectivity index (χ0n) is 14.3. The summed E-state index contributed by atoms with van der Waals surface area (Å²) in [5.41, 5.74) is 2.38. The highest BCUT2D eigenvalue weighted by Gasteiger charge is 2.14. The van der Waals surface area contributed by atoms with Gasteiger partial charge in [0, 0.05) is 12.6 Å². The van der Waals surface area contributed by atoms with Gasteiger partial charge in [0.25, 0.3) is 0 Å². The number of carbonyl (C=O) groups excluding carboxylic acids is 2. The molecule has 2 rings (SSSR count). The average Bonchev–Trinajstić information content (AvgIpc) is 2.61. The van der Waals surface area contributed by atoms with E-state index in [-0.39, 0.29) is 11.8 Å². The predicted molar refractivity (Wildman–Crippen MR) is 97.3 cm³/mol. The molecule has 0 aliphatic heterocycles. The summed E-state index contributed by atoms with van der Waals surface area (Å²) in [5, 5.41) is 5.58. The maximum atomic E-state index is 12.0. The second-order valence-corrected chi connectivity index (χ2v) is 6.12. The maximum Gasteiger partial charge on any atom is 0.244 e. The van der Waals surface area contributed by atoms with E-state index in [0.717, 1.165) is 24.8 Å². The van der Waals surface area contributed by atoms with E-state index in [1.807, 2.05) is 30.3 Å². The first-order chi connectivity index (χ1) is 11.6. The van der Waals surface area contributed by atoms with Gasteiger partial charge < -0.3 is 10.6 Å². The third kappa shape index (κ3) is 6.41. The third-order valence-corrected chi connectivity index (χ3v) is 4.11. The molecule has 1 atom stereocenters. The molecule has 1 unspecified atom stereocenters. The Balaban J connectivity index is 1.69. The molecule has 0 saturated heterocycles. The lowest BCUT2D eigenvalue weighted by Gasteiger charge is -2.15. The predicted octanol–water partition coefficient (Wildman–Crippen LogP) is 3.21. The molecule has 0 radical (unpaired) electrons. The second kappa shape index (κ2) is 9.71. The van der Waals surface area contributed by atoms with E-state index in [2.05, 4.69) is 16.7 Å². The van der Waals surface area contributed by atoms with Crippen LogP contribution in [0.4, 0.5) is 0 Å². The van der Waals surface area contributed by atoms with Crippen LogP contribution in [-0.2, 0) is 9.59 Å². The number of amides is 2. The van der Waals surface area contributed by atoms with Crippen molar-refractivity contribution in [1.82, 2.24) is 10.6 Å². The van der Waals surface area contributed by atoms with Crippen LogP contribution in [0.5, 0.6) is 0 Å². The maximum absolute atomic E-state index is 12.0. The Labute approximate surface area is 144 Å². The van der Waals surface area contributed by atoms with Crippen molar-refractivity contribution < 1.29 is 9.59 Å². The minimum Gasteiger partial charge on any atom is -0.354 e. The van der Waals surface area contributed by atoms with Gasteiger partial charge in [-0.05, 0) is 50.7 Å². The molecule has 0 saturated carbocycles. The molecule has 0 spiro atoms. The van der Waals surface area contributed by atoms with Crippen LogP contribution in [0.3, 0.4) is 0 Å². The van der Waals surface area contributed by atoms with Crippen LogP contribution < -0.4 is 10.6 Å². The standard InChI is InChI=1S/C20H26N2O2/c1-16(20(24)21-15-14-18-10-6-3-7-11-18)22-19(23)13-12-17-8-4-2-5-9-17/h2,4-5,8-10,12-13,16H,3,6-7,11,14-15H2,1H3,(H,21,24)(H,22,23)/b13-12+. The Morgan fingerprint density at radius 1 is 1.21 bits per heavy atom. The van der Waals surface area contributed by atoms with Gasteiger partial charge in [0.15, 0.2) is 0 Å². The lowest BCUT2D eigenvalue weighted by Crippen LogP contribution is -2.44. The molecule has 0 heterocycles. The van der Waals surface area contributed by atoms with E-state index in [0.29, 0.717) is 6.54 Å². The van der Waals surface area contributed by atoms with Crippen LogP contribution >= 0.6 is 0 Å². The largest absolute Gasteiger partial charge is 0.354 e. The van der Waals surface area contributed by atoms with Crippen LogP contribution in [-0.4, -0.2) is 24.4 Å². The van der Waals surface area contributed by atoms with Gasteiger partial charge in [-0.25, -0.2) is 0 Å². The van der Waals surface area contributed by atoms with Crippen molar-refractivity contribution in [3.05, 3.63) is 53.6 Å². The molecular formula is C20H26N2O2. The highest BCUT2D eigenvalue weighted by atomic mass is 16.2. The molecule has 1 aliphatic rings. The van der Waals surface area contributed by atoms with Crippen molar-refractivity contribution in [1.29, 1.82) is 0 Å². The summed E-state index contributed by atoms with van der Waals surface area (Å²) < 4.78 is 0. The number of rotatable bonds is 7. The summed E-state index contributed by atoms with van der Waals surface area (Å²) in [5.74, 6) is -0.413. The Hall–Kier alpha value is -2.36. The molecule has 1 aromatic carbocycles. The first kappa shape index (κ1) is 18.0. The second-order valence-electron chi connectivity index (χ2n) is 6.12. The average molecular weight is 326 g/mol. The van der Waals surface area contributed by atoms with Crippen LogP contribution in [0.25, 0.3) is 6.08 Å². The normalized spacial score (nSPS) is 15.6. The first-order valence-electron chi connectivity index (χ1n) is 8.64. The Kier molecular flexibility index (Phi) is 7.27. The van der Waals surface area contributed by atoms with Crippen molar-refractivity contribution in [2.24, 2.45) is 0 Å². The molecule has 4 heteroatoms. The summed E-state index contributed by atoms with van der Waals surface area (Å²) in [6, 6.07) is 9.04. The van der Waals surface area contributed by atoms with Crippen LogP contribution in [0.1, 0.15) is 44.6 Å². The van der Waals surface area contributed by atoms with Gasteiger partial charge in [0.2, 0.25) is 11.8 Å². The first-order valence-corrected chi connectivity index (χ1v) is 8.64. The van der Waals surface area contributed by atoms with E-state index in [1.54, 1.807) is 13.0 Å². The molecule has 0 bridgehead atoms. The summed E-state index contributed by atoms with van der Waals surface area (Å²) >= 11 is 0. The zero-order valence-corrected chi connectivity index (χ0v) is 14.3. The van der Waals surface area contributed by atoms with Crippen molar-refractivity contribution >= 4 is 17.9 Å². The highest BCUT2D eigenvalue weighted by Crippen LogP contribution is 2.19. The lowest BCUT2D eigenvalue weighted by atomic mass is 9.97. The molecule has 0 aromatic heterocycles. The fraction of sp³-hybridized carbons (Fsp3) is 0.400. The van der Waals surface area contributed by atoms with Gasteiger partial charge in [-0.1, -0.05) is 42.0 Å². The molecule has 2 amide bonds. The Bertz CT molecular complexity index is 605. The number of hydrogen-bond donors (Lipinski definition) is 2. The number of benzene rings is 1. The van der Waals surface area contributed by atoms with Crippen molar-refractivity contribution in [3.63, 3.8) is 0 Å². The van der Waals surface area contributed by atoms with Crippen molar-refractivity contribution in [2.75, 3.05) is 6.54 Å². The van der Waals surface area contributed by atoms with E-state index in [1.165, 1.54) is 24.5 Å². The summed E-state index contributed by atoms with van der Waals surface area (Å²) in [7, 11) is 0. The monoisotopic (exact) mass is 326 g/mol. The highest BCUT2D eigenvalue weighted by molar-refractivity contribution is 5.95. The van der Waals surface area contributed by atoms with Crippen molar-refractivity contribution in [2.45, 2.75) is 45.1 Å². The van der Waals surface area contributed by atoms with Gasteiger partial charge in [0.1, 0.15) is 6.04 Å².